The van der Waals surface area contributed by atoms with Crippen molar-refractivity contribution in [3.8, 4) is 0 Å². The average Bonchev–Trinajstić information content (AvgIpc) is 1.51. The molecule has 0 radical (unpaired) electrons. The van der Waals surface area contributed by atoms with Crippen molar-refractivity contribution in [1.82, 2.24) is 13.7 Å². The zero-order valence-corrected chi connectivity index (χ0v) is 68.9. The maximum Gasteiger partial charge on any atom is 0.216 e. The lowest BCUT2D eigenvalue weighted by Crippen LogP contribution is -2.33. The largest absolute Gasteiger partial charge is 0.871 e. The second-order valence-corrected chi connectivity index (χ2v) is 34.9. The summed E-state index contributed by atoms with van der Waals surface area (Å²) >= 11 is 7.03. The number of nitrogens with zero attached hydrogens (tertiary/aromatic N) is 6. The topological polar surface area (TPSA) is 144 Å². The van der Waals surface area contributed by atoms with Gasteiger partial charge in [0, 0.05) is 135 Å². The Bertz CT molecular complexity index is 5960. The van der Waals surface area contributed by atoms with Crippen molar-refractivity contribution in [2.24, 2.45) is 0 Å². The van der Waals surface area contributed by atoms with Crippen LogP contribution in [-0.4, -0.2) is 75.0 Å². The molecule has 14 heteroatoms. The molecule has 3 aromatic heterocycles. The van der Waals surface area contributed by atoms with Crippen molar-refractivity contribution in [2.45, 2.75) is 180 Å². The molecule has 3 saturated carbocycles. The summed E-state index contributed by atoms with van der Waals surface area (Å²) in [4.78, 5) is 41.3. The van der Waals surface area contributed by atoms with Gasteiger partial charge in [0.05, 0.1) is 33.8 Å². The standard InChI is InChI=1S/C36H36N2O2.C34H30Br2N2O2.C32H28N2O2/c39-35-33(31-23-27-17-7-19-29(27)37(31)21-9-15-25-11-3-1-4-12-25)36(40)34(35)32-24-28-18-8-20-30(28)38(32)22-10-16-26-13-5-2-6-14-26;35-25-11-7-21(8-12-25)15-17-37-27-5-1-3-23(27)19-29(37)31-33(39)32(34(31)40)30-20-24-4-2-6-28(24)38(30)18-16-22-9-13-26(36)14-10-22;35-31-29(27-17-23-13-7-15-25(23)33(27)19-21-9-3-1-4-10-21)32(36)30(31)28-18-24-14-8-16-26(24)34(28)20-22-11-5-2-6-12-22/h1-6,11-14,23-24H,7-10,15-22H2;7-14,19-20H,1-6,15-18H2;1-6,9-12,17-18H,7-8,13-16,19-20H2. The number of rotatable bonds is 21. The van der Waals surface area contributed by atoms with Gasteiger partial charge in [0.2, 0.25) is 34.4 Å². The Morgan fingerprint density at radius 2 is 0.672 bits per heavy atom. The highest BCUT2D eigenvalue weighted by Crippen LogP contribution is 2.47. The van der Waals surface area contributed by atoms with Crippen molar-refractivity contribution in [2.75, 3.05) is 13.1 Å². The molecule has 9 aliphatic carbocycles. The highest BCUT2D eigenvalue weighted by molar-refractivity contribution is 9.10. The quantitative estimate of drug-likeness (QED) is 0.0517. The molecular formula is C102H94Br2N6O6. The fraction of sp³-hybridized carbons (Fsp3) is 0.294. The summed E-state index contributed by atoms with van der Waals surface area (Å²) in [5, 5.41) is 41.3. The maximum atomic E-state index is 13.8. The number of carbonyl (C=O) groups excluding carboxylic acids is 3. The van der Waals surface area contributed by atoms with Crippen molar-refractivity contribution in [1.29, 1.82) is 0 Å². The van der Waals surface area contributed by atoms with Gasteiger partial charge >= 0.3 is 0 Å². The van der Waals surface area contributed by atoms with Crippen LogP contribution in [0, 0.1) is 0 Å². The monoisotopic (exact) mass is 1660 g/mol. The first-order valence-electron chi connectivity index (χ1n) is 42.3. The molecule has 0 spiro atoms. The minimum absolute atomic E-state index is 0.0639. The Morgan fingerprint density at radius 1 is 0.319 bits per heavy atom. The van der Waals surface area contributed by atoms with Crippen molar-refractivity contribution >= 4 is 83.1 Å². The summed E-state index contributed by atoms with van der Waals surface area (Å²) < 4.78 is 15.7. The van der Waals surface area contributed by atoms with Crippen LogP contribution in [0.2, 0.25) is 0 Å². The fourth-order valence-electron chi connectivity index (χ4n) is 20.3. The van der Waals surface area contributed by atoms with Gasteiger partial charge in [-0.3, -0.25) is 14.4 Å². The first kappa shape index (κ1) is 75.3. The van der Waals surface area contributed by atoms with Crippen LogP contribution in [0.4, 0.5) is 0 Å². The van der Waals surface area contributed by atoms with E-state index in [4.69, 9.17) is 0 Å². The molecule has 116 heavy (non-hydrogen) atoms. The molecule has 3 aliphatic heterocycles. The summed E-state index contributed by atoms with van der Waals surface area (Å²) in [5.41, 5.74) is 30.4. The Labute approximate surface area is 696 Å². The molecule has 0 atom stereocenters. The predicted octanol–water partition coefficient (Wildman–Crippen LogP) is 16.9. The van der Waals surface area contributed by atoms with Crippen molar-refractivity contribution in [3.05, 3.63) is 367 Å². The number of aryl methyl sites for hydroxylation is 6. The summed E-state index contributed by atoms with van der Waals surface area (Å²) in [5.74, 6) is -0.511. The number of hydrogen-bond donors (Lipinski definition) is 0. The third-order valence-corrected chi connectivity index (χ3v) is 27.1. The van der Waals surface area contributed by atoms with Gasteiger partial charge in [0.1, 0.15) is 6.54 Å². The Balaban J connectivity index is 0.000000116. The number of carbonyl (C=O) groups is 3. The number of Topliss-reactive ketones (excluding diaryl/α,β-unsaturated/α-hetero) is 3. The summed E-state index contributed by atoms with van der Waals surface area (Å²) in [6.45, 7) is 4.58. The predicted molar refractivity (Wildman–Crippen MR) is 458 cm³/mol. The molecule has 0 amide bonds. The summed E-state index contributed by atoms with van der Waals surface area (Å²) in [6.07, 6.45) is 31.1. The summed E-state index contributed by atoms with van der Waals surface area (Å²) in [7, 11) is 0. The van der Waals surface area contributed by atoms with E-state index in [1.807, 2.05) is 48.5 Å². The molecule has 582 valence electrons. The van der Waals surface area contributed by atoms with Gasteiger partial charge in [0.25, 0.3) is 0 Å². The van der Waals surface area contributed by atoms with Gasteiger partial charge in [-0.05, 0) is 209 Å². The Hall–Kier alpha value is -10.8. The van der Waals surface area contributed by atoms with E-state index in [2.05, 4.69) is 217 Å². The molecular weight excluding hydrogens is 1560 g/mol. The zero-order valence-electron chi connectivity index (χ0n) is 65.7. The van der Waals surface area contributed by atoms with Crippen LogP contribution in [0.5, 0.6) is 0 Å². The van der Waals surface area contributed by atoms with Crippen LogP contribution >= 0.6 is 31.9 Å². The van der Waals surface area contributed by atoms with Gasteiger partial charge in [-0.15, -0.1) is 0 Å². The van der Waals surface area contributed by atoms with E-state index in [1.54, 1.807) is 0 Å². The zero-order chi connectivity index (χ0) is 78.7. The lowest BCUT2D eigenvalue weighted by Gasteiger charge is -2.31. The molecule has 21 rings (SSSR count). The number of halogens is 2. The van der Waals surface area contributed by atoms with Gasteiger partial charge in [-0.25, -0.2) is 0 Å². The van der Waals surface area contributed by atoms with Crippen molar-refractivity contribution < 1.29 is 43.4 Å². The highest BCUT2D eigenvalue weighted by Gasteiger charge is 2.46. The lowest BCUT2D eigenvalue weighted by atomic mass is 9.84. The molecule has 12 nitrogen and oxygen atoms in total. The van der Waals surface area contributed by atoms with E-state index in [0.717, 1.165) is 223 Å². The van der Waals surface area contributed by atoms with Gasteiger partial charge in [-0.2, -0.15) is 13.7 Å². The molecule has 12 aliphatic rings. The minimum Gasteiger partial charge on any atom is -0.871 e. The van der Waals surface area contributed by atoms with E-state index in [-0.39, 0.29) is 34.6 Å². The molecule has 9 aromatic rings. The van der Waals surface area contributed by atoms with Gasteiger partial charge in [0.15, 0.2) is 30.2 Å². The SMILES string of the molecule is O=C1C(c2cc3c(n2CCCc2ccccc2)CCC3)=C([O-])/C1=C1\C=C2CCCC2=[N+]1CCCc1ccccc1.O=C1C(c2cc3c(n2CCc2ccc(Br)cc2)CCC3)=C([O-])/C1=C1\C=C2CCCC2=[N+]1CCc1ccc(Br)cc1.O=C1C(c2cc3c(n2Cc2ccccc2)CCC3)=C([O-])/C1=C1\C=C2CCCC2=[N+]1Cc1ccccc1. The van der Waals surface area contributed by atoms with Crippen molar-refractivity contribution in [3.63, 3.8) is 0 Å². The number of aromatic nitrogens is 3. The van der Waals surface area contributed by atoms with E-state index < -0.39 is 0 Å². The molecule has 0 N–H and O–H groups in total. The smallest absolute Gasteiger partial charge is 0.216 e. The number of benzene rings is 6. The maximum absolute atomic E-state index is 13.8. The van der Waals surface area contributed by atoms with E-state index in [9.17, 15) is 29.7 Å². The fourth-order valence-corrected chi connectivity index (χ4v) is 20.8. The molecule has 3 fully saturated rings. The molecule has 6 heterocycles. The lowest BCUT2D eigenvalue weighted by molar-refractivity contribution is -0.487. The normalized spacial score (nSPS) is 20.1. The molecule has 0 saturated heterocycles. The Morgan fingerprint density at radius 3 is 1.12 bits per heavy atom. The van der Waals surface area contributed by atoms with Crippen LogP contribution in [-0.2, 0) is 105 Å². The van der Waals surface area contributed by atoms with E-state index in [1.165, 1.54) is 101 Å². The minimum atomic E-state index is -0.101. The molecule has 0 bridgehead atoms. The van der Waals surface area contributed by atoms with E-state index in [0.29, 0.717) is 46.5 Å². The van der Waals surface area contributed by atoms with E-state index >= 15 is 0 Å². The van der Waals surface area contributed by atoms with Crippen LogP contribution < -0.4 is 15.3 Å². The van der Waals surface area contributed by atoms with Gasteiger partial charge < -0.3 is 29.0 Å². The number of ketones is 3. The molecule has 6 aromatic carbocycles. The molecule has 0 unspecified atom stereocenters. The second kappa shape index (κ2) is 32.4. The first-order valence-corrected chi connectivity index (χ1v) is 43.9. The average molecular weight is 1660 g/mol. The third kappa shape index (κ3) is 14.2. The van der Waals surface area contributed by atoms with Crippen LogP contribution in [0.1, 0.15) is 174 Å². The van der Waals surface area contributed by atoms with Gasteiger partial charge in [-0.1, -0.05) is 195 Å². The number of allylic oxidation sites excluding steroid dienone is 12. The number of hydrogen-bond acceptors (Lipinski definition) is 6. The summed E-state index contributed by atoms with van der Waals surface area (Å²) in [6, 6.07) is 64.9. The second-order valence-electron chi connectivity index (χ2n) is 33.0. The third-order valence-electron chi connectivity index (χ3n) is 26.0. The van der Waals surface area contributed by atoms with Crippen LogP contribution in [0.3, 0.4) is 0 Å². The first-order chi connectivity index (χ1) is 56.8. The number of fused-ring (bicyclic) bond motifs is 6. The Kier molecular flexibility index (Phi) is 21.0. The van der Waals surface area contributed by atoms with Crippen LogP contribution in [0.25, 0.3) is 16.7 Å². The van der Waals surface area contributed by atoms with Crippen LogP contribution in [0.15, 0.2) is 283 Å². The highest BCUT2D eigenvalue weighted by atomic mass is 79.9.